The number of aryl methyl sites for hydroxylation is 1. The van der Waals surface area contributed by atoms with E-state index >= 15 is 0 Å². The molecule has 13 heavy (non-hydrogen) atoms. The van der Waals surface area contributed by atoms with Crippen LogP contribution in [0, 0.1) is 10.1 Å². The lowest BCUT2D eigenvalue weighted by atomic mass is 10.1. The predicted octanol–water partition coefficient (Wildman–Crippen LogP) is 3.19. The van der Waals surface area contributed by atoms with Gasteiger partial charge in [-0.3, -0.25) is 10.1 Å². The molecule has 0 amide bonds. The minimum atomic E-state index is -0.395. The van der Waals surface area contributed by atoms with Gasteiger partial charge in [0.1, 0.15) is 0 Å². The predicted molar refractivity (Wildman–Crippen MR) is 55.6 cm³/mol. The normalized spacial score (nSPS) is 10.0. The number of nitrogens with zero attached hydrogens (tertiary/aromatic N) is 1. The Hall–Kier alpha value is -0.610. The third-order valence-corrected chi connectivity index (χ3v) is 2.23. The van der Waals surface area contributed by atoms with Crippen molar-refractivity contribution in [3.05, 3.63) is 38.9 Å². The first kappa shape index (κ1) is 10.5. The molecule has 5 heteroatoms. The Morgan fingerprint density at radius 2 is 2.23 bits per heavy atom. The molecule has 0 unspecified atom stereocenters. The molecular formula is C8H7BrClNO2. The summed E-state index contributed by atoms with van der Waals surface area (Å²) in [6.07, 6.45) is 0.608. The highest BCUT2D eigenvalue weighted by Gasteiger charge is 2.12. The van der Waals surface area contributed by atoms with Gasteiger partial charge in [-0.05, 0) is 18.6 Å². The Balaban J connectivity index is 3.10. The molecule has 0 spiro atoms. The second-order valence-electron chi connectivity index (χ2n) is 2.47. The van der Waals surface area contributed by atoms with Crippen LogP contribution in [0.1, 0.15) is 5.56 Å². The van der Waals surface area contributed by atoms with E-state index in [1.54, 1.807) is 6.07 Å². The van der Waals surface area contributed by atoms with Crippen LogP contribution >= 0.6 is 27.5 Å². The summed E-state index contributed by atoms with van der Waals surface area (Å²) in [5, 5.41) is 11.8. The zero-order valence-electron chi connectivity index (χ0n) is 6.67. The topological polar surface area (TPSA) is 43.1 Å². The maximum Gasteiger partial charge on any atom is 0.272 e. The van der Waals surface area contributed by atoms with E-state index in [9.17, 15) is 10.1 Å². The van der Waals surface area contributed by atoms with Gasteiger partial charge in [-0.15, -0.1) is 0 Å². The van der Waals surface area contributed by atoms with Gasteiger partial charge in [-0.1, -0.05) is 27.5 Å². The van der Waals surface area contributed by atoms with Gasteiger partial charge in [0.25, 0.3) is 5.69 Å². The van der Waals surface area contributed by atoms with Crippen molar-refractivity contribution in [3.63, 3.8) is 0 Å². The van der Waals surface area contributed by atoms with Gasteiger partial charge in [0.15, 0.2) is 0 Å². The van der Waals surface area contributed by atoms with E-state index < -0.39 is 4.92 Å². The number of hydrogen-bond acceptors (Lipinski definition) is 2. The monoisotopic (exact) mass is 263 g/mol. The Bertz CT molecular complexity index is 330. The molecule has 0 aliphatic carbocycles. The molecule has 0 heterocycles. The quantitative estimate of drug-likeness (QED) is 0.478. The average molecular weight is 265 g/mol. The first-order chi connectivity index (χ1) is 6.15. The molecule has 0 bridgehead atoms. The summed E-state index contributed by atoms with van der Waals surface area (Å²) < 4.78 is 0. The fourth-order valence-electron chi connectivity index (χ4n) is 1.03. The van der Waals surface area contributed by atoms with Crippen molar-refractivity contribution in [1.29, 1.82) is 0 Å². The molecule has 0 atom stereocenters. The van der Waals surface area contributed by atoms with Crippen molar-refractivity contribution in [3.8, 4) is 0 Å². The van der Waals surface area contributed by atoms with E-state index in [4.69, 9.17) is 11.6 Å². The van der Waals surface area contributed by atoms with Crippen LogP contribution in [-0.4, -0.2) is 10.3 Å². The molecule has 0 N–H and O–H groups in total. The number of alkyl halides is 1. The molecule has 0 aliphatic heterocycles. The smallest absolute Gasteiger partial charge is 0.258 e. The molecule has 0 aliphatic rings. The Kier molecular flexibility index (Phi) is 3.69. The lowest BCUT2D eigenvalue weighted by Gasteiger charge is -2.00. The summed E-state index contributed by atoms with van der Waals surface area (Å²) in [6, 6.07) is 4.58. The molecule has 70 valence electrons. The zero-order valence-corrected chi connectivity index (χ0v) is 9.01. The third kappa shape index (κ3) is 2.67. The van der Waals surface area contributed by atoms with Gasteiger partial charge in [-0.25, -0.2) is 0 Å². The van der Waals surface area contributed by atoms with Crippen molar-refractivity contribution in [2.45, 2.75) is 6.42 Å². The van der Waals surface area contributed by atoms with Crippen LogP contribution in [-0.2, 0) is 6.42 Å². The number of benzene rings is 1. The molecule has 1 rings (SSSR count). The lowest BCUT2D eigenvalue weighted by molar-refractivity contribution is -0.385. The summed E-state index contributed by atoms with van der Waals surface area (Å²) in [7, 11) is 0. The molecule has 1 aromatic rings. The van der Waals surface area contributed by atoms with Gasteiger partial charge < -0.3 is 0 Å². The van der Waals surface area contributed by atoms with Crippen molar-refractivity contribution >= 4 is 33.2 Å². The van der Waals surface area contributed by atoms with E-state index in [0.29, 0.717) is 22.3 Å². The van der Waals surface area contributed by atoms with Gasteiger partial charge >= 0.3 is 0 Å². The molecule has 0 fully saturated rings. The lowest BCUT2D eigenvalue weighted by Crippen LogP contribution is -1.95. The van der Waals surface area contributed by atoms with Crippen LogP contribution in [0.2, 0.25) is 5.02 Å². The molecule has 0 saturated carbocycles. The number of rotatable bonds is 3. The second kappa shape index (κ2) is 4.58. The van der Waals surface area contributed by atoms with Crippen LogP contribution in [0.3, 0.4) is 0 Å². The zero-order chi connectivity index (χ0) is 9.84. The molecule has 1 aromatic carbocycles. The van der Waals surface area contributed by atoms with Gasteiger partial charge in [0.05, 0.1) is 4.92 Å². The van der Waals surface area contributed by atoms with Gasteiger partial charge in [0.2, 0.25) is 0 Å². The summed E-state index contributed by atoms with van der Waals surface area (Å²) in [5.74, 6) is 0. The maximum atomic E-state index is 10.6. The van der Waals surface area contributed by atoms with Crippen molar-refractivity contribution in [1.82, 2.24) is 0 Å². The minimum absolute atomic E-state index is 0.129. The van der Waals surface area contributed by atoms with E-state index in [1.165, 1.54) is 12.1 Å². The van der Waals surface area contributed by atoms with E-state index in [2.05, 4.69) is 15.9 Å². The highest BCUT2D eigenvalue weighted by molar-refractivity contribution is 9.09. The van der Waals surface area contributed by atoms with Crippen molar-refractivity contribution in [2.24, 2.45) is 0 Å². The first-order valence-corrected chi connectivity index (χ1v) is 5.14. The second-order valence-corrected chi connectivity index (χ2v) is 3.70. The minimum Gasteiger partial charge on any atom is -0.258 e. The molecule has 0 aromatic heterocycles. The Morgan fingerprint density at radius 3 is 2.77 bits per heavy atom. The molecular weight excluding hydrogens is 257 g/mol. The molecule has 0 radical (unpaired) electrons. The summed E-state index contributed by atoms with van der Waals surface area (Å²) in [6.45, 7) is 0. The number of nitro benzene ring substituents is 1. The van der Waals surface area contributed by atoms with Crippen molar-refractivity contribution in [2.75, 3.05) is 5.33 Å². The highest BCUT2D eigenvalue weighted by atomic mass is 79.9. The first-order valence-electron chi connectivity index (χ1n) is 3.64. The number of hydrogen-bond donors (Lipinski definition) is 0. The number of halogens is 2. The fraction of sp³-hybridized carbons (Fsp3) is 0.250. The van der Waals surface area contributed by atoms with E-state index in [-0.39, 0.29) is 5.69 Å². The summed E-state index contributed by atoms with van der Waals surface area (Å²) >= 11 is 8.95. The maximum absolute atomic E-state index is 10.6. The van der Waals surface area contributed by atoms with Crippen LogP contribution in [0.15, 0.2) is 18.2 Å². The Labute approximate surface area is 89.0 Å². The summed E-state index contributed by atoms with van der Waals surface area (Å²) in [4.78, 5) is 10.2. The summed E-state index contributed by atoms with van der Waals surface area (Å²) in [5.41, 5.74) is 0.790. The standard InChI is InChI=1S/C8H7BrClNO2/c9-4-3-6-5-7(10)1-2-8(6)11(12)13/h1-2,5H,3-4H2. The number of nitro groups is 1. The third-order valence-electron chi connectivity index (χ3n) is 1.60. The van der Waals surface area contributed by atoms with Gasteiger partial charge in [0, 0.05) is 22.0 Å². The average Bonchev–Trinajstić information content (AvgIpc) is 2.04. The van der Waals surface area contributed by atoms with Crippen LogP contribution in [0.25, 0.3) is 0 Å². The van der Waals surface area contributed by atoms with E-state index in [0.717, 1.165) is 0 Å². The van der Waals surface area contributed by atoms with E-state index in [1.807, 2.05) is 0 Å². The Morgan fingerprint density at radius 1 is 1.54 bits per heavy atom. The van der Waals surface area contributed by atoms with Crippen LogP contribution in [0.4, 0.5) is 5.69 Å². The fourth-order valence-corrected chi connectivity index (χ4v) is 1.66. The highest BCUT2D eigenvalue weighted by Crippen LogP contribution is 2.23. The van der Waals surface area contributed by atoms with Crippen molar-refractivity contribution < 1.29 is 4.92 Å². The molecule has 3 nitrogen and oxygen atoms in total. The van der Waals surface area contributed by atoms with Gasteiger partial charge in [-0.2, -0.15) is 0 Å². The largest absolute Gasteiger partial charge is 0.272 e. The van der Waals surface area contributed by atoms with Crippen LogP contribution in [0.5, 0.6) is 0 Å². The van der Waals surface area contributed by atoms with Crippen LogP contribution < -0.4 is 0 Å². The molecule has 0 saturated heterocycles. The SMILES string of the molecule is O=[N+]([O-])c1ccc(Cl)cc1CCBr.